The molecule has 0 saturated carbocycles. The Labute approximate surface area is 108 Å². The predicted molar refractivity (Wildman–Crippen MR) is 63.2 cm³/mol. The quantitative estimate of drug-likeness (QED) is 0.411. The summed E-state index contributed by atoms with van der Waals surface area (Å²) in [6.45, 7) is 0.0225. The Morgan fingerprint density at radius 2 is 2.21 bits per heavy atom. The van der Waals surface area contributed by atoms with Gasteiger partial charge in [0.05, 0.1) is 31.1 Å². The lowest BCUT2D eigenvalue weighted by Gasteiger charge is -2.09. The second kappa shape index (κ2) is 7.13. The third-order valence-electron chi connectivity index (χ3n) is 2.09. The first kappa shape index (κ1) is 14.7. The van der Waals surface area contributed by atoms with E-state index in [4.69, 9.17) is 15.3 Å². The minimum absolute atomic E-state index is 0.0225. The van der Waals surface area contributed by atoms with Crippen LogP contribution in [0.4, 0.5) is 5.69 Å². The molecule has 104 valence electrons. The number of nitrogens with two attached hydrogens (primary N) is 1. The summed E-state index contributed by atoms with van der Waals surface area (Å²) in [6.07, 6.45) is -0.0374. The molecule has 0 aromatic heterocycles. The van der Waals surface area contributed by atoms with E-state index in [1.807, 2.05) is 0 Å². The van der Waals surface area contributed by atoms with Crippen molar-refractivity contribution >= 4 is 11.7 Å². The van der Waals surface area contributed by atoms with Crippen molar-refractivity contribution in [2.45, 2.75) is 6.42 Å². The summed E-state index contributed by atoms with van der Waals surface area (Å²) >= 11 is 0. The van der Waals surface area contributed by atoms with Gasteiger partial charge in [-0.15, -0.1) is 0 Å². The van der Waals surface area contributed by atoms with Crippen LogP contribution < -0.4 is 20.9 Å². The summed E-state index contributed by atoms with van der Waals surface area (Å²) in [5.74, 6) is 4.69. The summed E-state index contributed by atoms with van der Waals surface area (Å²) in [5.41, 5.74) is 1.64. The molecule has 0 heterocycles. The number of carbonyl (C=O) groups is 1. The Bertz CT molecular complexity index is 465. The number of nitro groups is 1. The first-order chi connectivity index (χ1) is 9.08. The fraction of sp³-hybridized carbons (Fsp3) is 0.300. The van der Waals surface area contributed by atoms with Crippen molar-refractivity contribution in [1.29, 1.82) is 0 Å². The van der Waals surface area contributed by atoms with Gasteiger partial charge in [-0.2, -0.15) is 0 Å². The molecule has 0 aliphatic carbocycles. The van der Waals surface area contributed by atoms with E-state index in [-0.39, 0.29) is 24.5 Å². The second-order valence-corrected chi connectivity index (χ2v) is 3.28. The van der Waals surface area contributed by atoms with Gasteiger partial charge in [-0.05, 0) is 6.07 Å². The van der Waals surface area contributed by atoms with Crippen LogP contribution in [0.5, 0.6) is 11.5 Å². The number of nitro benzene ring substituents is 1. The van der Waals surface area contributed by atoms with E-state index in [0.717, 1.165) is 0 Å². The van der Waals surface area contributed by atoms with Gasteiger partial charge in [-0.25, -0.2) is 5.84 Å². The molecule has 1 rings (SSSR count). The fourth-order valence-corrected chi connectivity index (χ4v) is 1.25. The van der Waals surface area contributed by atoms with E-state index >= 15 is 0 Å². The number of nitrogens with one attached hydrogen (secondary N) is 1. The monoisotopic (exact) mass is 271 g/mol. The highest BCUT2D eigenvalue weighted by atomic mass is 16.7. The molecule has 9 nitrogen and oxygen atoms in total. The maximum absolute atomic E-state index is 11.0. The molecule has 19 heavy (non-hydrogen) atoms. The van der Waals surface area contributed by atoms with Crippen LogP contribution in [0.15, 0.2) is 18.2 Å². The Morgan fingerprint density at radius 3 is 2.79 bits per heavy atom. The van der Waals surface area contributed by atoms with Crippen LogP contribution in [0.3, 0.4) is 0 Å². The van der Waals surface area contributed by atoms with Gasteiger partial charge in [0.15, 0.2) is 11.5 Å². The molecule has 0 saturated heterocycles. The molecule has 0 radical (unpaired) electrons. The molecular formula is C10H13N3O6. The highest BCUT2D eigenvalue weighted by molar-refractivity contribution is 5.69. The van der Waals surface area contributed by atoms with Gasteiger partial charge in [0.1, 0.15) is 0 Å². The molecule has 0 spiro atoms. The predicted octanol–water partition coefficient (Wildman–Crippen LogP) is 0.294. The van der Waals surface area contributed by atoms with Gasteiger partial charge in [0.2, 0.25) is 0 Å². The summed E-state index contributed by atoms with van der Waals surface area (Å²) in [7, 11) is 1.36. The van der Waals surface area contributed by atoms with E-state index < -0.39 is 10.9 Å². The van der Waals surface area contributed by atoms with E-state index in [9.17, 15) is 14.9 Å². The molecule has 0 atom stereocenters. The molecule has 0 amide bonds. The van der Waals surface area contributed by atoms with Crippen molar-refractivity contribution in [1.82, 2.24) is 5.59 Å². The maximum atomic E-state index is 11.0. The molecule has 0 fully saturated rings. The van der Waals surface area contributed by atoms with Crippen molar-refractivity contribution in [3.8, 4) is 11.5 Å². The topological polar surface area (TPSA) is 126 Å². The Morgan fingerprint density at radius 1 is 1.47 bits per heavy atom. The third kappa shape index (κ3) is 4.41. The molecule has 0 unspecified atom stereocenters. The van der Waals surface area contributed by atoms with Crippen LogP contribution >= 0.6 is 0 Å². The number of ether oxygens (including phenoxy) is 2. The van der Waals surface area contributed by atoms with Crippen LogP contribution in [0.2, 0.25) is 0 Å². The number of non-ortho nitro benzene ring substituents is 1. The zero-order valence-corrected chi connectivity index (χ0v) is 10.1. The van der Waals surface area contributed by atoms with Crippen molar-refractivity contribution in [3.63, 3.8) is 0 Å². The average Bonchev–Trinajstić information content (AvgIpc) is 2.39. The van der Waals surface area contributed by atoms with Crippen LogP contribution in [0, 0.1) is 10.1 Å². The molecular weight excluding hydrogens is 258 g/mol. The smallest absolute Gasteiger partial charge is 0.329 e. The SMILES string of the molecule is COc1cc([N+](=O)[O-])ccc1OCCC(=O)ONN. The summed E-state index contributed by atoms with van der Waals surface area (Å²) < 4.78 is 10.2. The minimum Gasteiger partial charge on any atom is -0.493 e. The van der Waals surface area contributed by atoms with Crippen molar-refractivity contribution in [3.05, 3.63) is 28.3 Å². The number of benzene rings is 1. The fourth-order valence-electron chi connectivity index (χ4n) is 1.25. The number of hydrogen-bond acceptors (Lipinski definition) is 8. The molecule has 0 bridgehead atoms. The Balaban J connectivity index is 2.63. The molecule has 0 aliphatic rings. The highest BCUT2D eigenvalue weighted by Gasteiger charge is 2.12. The summed E-state index contributed by atoms with van der Waals surface area (Å²) in [5, 5.41) is 10.6. The van der Waals surface area contributed by atoms with Crippen molar-refractivity contribution < 1.29 is 24.0 Å². The van der Waals surface area contributed by atoms with E-state index in [2.05, 4.69) is 4.84 Å². The minimum atomic E-state index is -0.594. The lowest BCUT2D eigenvalue weighted by molar-refractivity contribution is -0.385. The maximum Gasteiger partial charge on any atom is 0.329 e. The second-order valence-electron chi connectivity index (χ2n) is 3.28. The number of methoxy groups -OCH3 is 1. The zero-order valence-electron chi connectivity index (χ0n) is 10.1. The Kier molecular flexibility index (Phi) is 5.51. The number of nitrogens with zero attached hydrogens (tertiary/aromatic N) is 1. The van der Waals surface area contributed by atoms with Gasteiger partial charge < -0.3 is 14.3 Å². The van der Waals surface area contributed by atoms with Gasteiger partial charge in [0, 0.05) is 6.07 Å². The number of carbonyl (C=O) groups excluding carboxylic acids is 1. The number of hydrogen-bond donors (Lipinski definition) is 2. The lowest BCUT2D eigenvalue weighted by atomic mass is 10.3. The Hall–Kier alpha value is -2.39. The number of rotatable bonds is 7. The highest BCUT2D eigenvalue weighted by Crippen LogP contribution is 2.31. The van der Waals surface area contributed by atoms with Gasteiger partial charge in [-0.3, -0.25) is 14.9 Å². The third-order valence-corrected chi connectivity index (χ3v) is 2.09. The van der Waals surface area contributed by atoms with Crippen LogP contribution in [-0.2, 0) is 9.63 Å². The zero-order chi connectivity index (χ0) is 14.3. The molecule has 9 heteroatoms. The molecule has 3 N–H and O–H groups in total. The van der Waals surface area contributed by atoms with E-state index in [1.165, 1.54) is 25.3 Å². The van der Waals surface area contributed by atoms with Gasteiger partial charge >= 0.3 is 5.97 Å². The molecule has 0 aliphatic heterocycles. The standard InChI is InChI=1S/C10H13N3O6/c1-17-9-6-7(13(15)16)2-3-8(9)18-5-4-10(14)19-12-11/h2-3,6,12H,4-5,11H2,1H3. The molecule has 1 aromatic carbocycles. The van der Waals surface area contributed by atoms with Gasteiger partial charge in [0.25, 0.3) is 5.69 Å². The first-order valence-electron chi connectivity index (χ1n) is 5.19. The van der Waals surface area contributed by atoms with Crippen LogP contribution in [0.25, 0.3) is 0 Å². The first-order valence-corrected chi connectivity index (χ1v) is 5.19. The number of hydrazine groups is 1. The normalized spacial score (nSPS) is 9.79. The van der Waals surface area contributed by atoms with E-state index in [1.54, 1.807) is 5.59 Å². The van der Waals surface area contributed by atoms with Crippen LogP contribution in [-0.4, -0.2) is 24.6 Å². The van der Waals surface area contributed by atoms with Crippen molar-refractivity contribution in [2.24, 2.45) is 5.84 Å². The largest absolute Gasteiger partial charge is 0.493 e. The van der Waals surface area contributed by atoms with Crippen molar-refractivity contribution in [2.75, 3.05) is 13.7 Å². The molecule has 1 aromatic rings. The average molecular weight is 271 g/mol. The van der Waals surface area contributed by atoms with Gasteiger partial charge in [-0.1, -0.05) is 5.59 Å². The summed E-state index contributed by atoms with van der Waals surface area (Å²) in [6, 6.07) is 3.90. The van der Waals surface area contributed by atoms with E-state index in [0.29, 0.717) is 5.75 Å². The van der Waals surface area contributed by atoms with Crippen LogP contribution in [0.1, 0.15) is 6.42 Å². The summed E-state index contributed by atoms with van der Waals surface area (Å²) in [4.78, 5) is 25.3. The lowest BCUT2D eigenvalue weighted by Crippen LogP contribution is -2.26.